The van der Waals surface area contributed by atoms with Crippen LogP contribution in [0.25, 0.3) is 0 Å². The lowest BCUT2D eigenvalue weighted by molar-refractivity contribution is -0.153. The third-order valence-corrected chi connectivity index (χ3v) is 5.46. The number of carbonyl (C=O) groups excluding carboxylic acids is 4. The Bertz CT molecular complexity index is 629. The number of ether oxygens (including phenoxy) is 1. The molecule has 2 N–H and O–H groups in total. The summed E-state index contributed by atoms with van der Waals surface area (Å²) in [5.41, 5.74) is 0. The van der Waals surface area contributed by atoms with Crippen molar-refractivity contribution in [1.29, 1.82) is 0 Å². The molecule has 0 bridgehead atoms. The molecule has 0 aromatic heterocycles. The van der Waals surface area contributed by atoms with Crippen LogP contribution in [0.15, 0.2) is 12.7 Å². The van der Waals surface area contributed by atoms with Gasteiger partial charge in [0.25, 0.3) is 0 Å². The molecule has 0 radical (unpaired) electrons. The van der Waals surface area contributed by atoms with Crippen molar-refractivity contribution in [3.05, 3.63) is 12.7 Å². The molecule has 2 fully saturated rings. The quantitative estimate of drug-likeness (QED) is 0.449. The lowest BCUT2D eigenvalue weighted by atomic mass is 10.1. The smallest absolute Gasteiger partial charge is 0.328 e. The topological polar surface area (TPSA) is 108 Å². The van der Waals surface area contributed by atoms with E-state index in [4.69, 9.17) is 4.74 Å². The molecule has 10 heteroatoms. The Morgan fingerprint density at radius 2 is 2.00 bits per heavy atom. The molecule has 28 heavy (non-hydrogen) atoms. The predicted octanol–water partition coefficient (Wildman–Crippen LogP) is -0.0319. The monoisotopic (exact) mass is 412 g/mol. The number of rotatable bonds is 7. The van der Waals surface area contributed by atoms with E-state index in [-0.39, 0.29) is 36.2 Å². The maximum absolute atomic E-state index is 13.2. The Labute approximate surface area is 169 Å². The van der Waals surface area contributed by atoms with Gasteiger partial charge in [0.1, 0.15) is 12.1 Å². The summed E-state index contributed by atoms with van der Waals surface area (Å²) in [4.78, 5) is 52.7. The van der Waals surface area contributed by atoms with Crippen LogP contribution < -0.4 is 10.6 Å². The predicted molar refractivity (Wildman–Crippen MR) is 106 cm³/mol. The zero-order chi connectivity index (χ0) is 20.7. The van der Waals surface area contributed by atoms with Gasteiger partial charge in [-0.3, -0.25) is 9.59 Å². The number of esters is 1. The summed E-state index contributed by atoms with van der Waals surface area (Å²) in [5.74, 6) is -0.613. The minimum atomic E-state index is -0.699. The zero-order valence-corrected chi connectivity index (χ0v) is 17.1. The van der Waals surface area contributed by atoms with Crippen molar-refractivity contribution in [1.82, 2.24) is 20.4 Å². The summed E-state index contributed by atoms with van der Waals surface area (Å²) in [6.45, 7) is 4.58. The van der Waals surface area contributed by atoms with Crippen LogP contribution in [0.1, 0.15) is 19.3 Å². The second-order valence-corrected chi connectivity index (χ2v) is 7.65. The van der Waals surface area contributed by atoms with Gasteiger partial charge in [-0.05, 0) is 25.5 Å². The molecule has 2 rings (SSSR count). The van der Waals surface area contributed by atoms with Gasteiger partial charge in [-0.15, -0.1) is 6.58 Å². The van der Waals surface area contributed by atoms with Crippen LogP contribution >= 0.6 is 11.8 Å². The van der Waals surface area contributed by atoms with E-state index in [1.165, 1.54) is 28.7 Å². The molecule has 0 aromatic rings. The third-order valence-electron chi connectivity index (χ3n) is 4.93. The summed E-state index contributed by atoms with van der Waals surface area (Å²) < 4.78 is 4.81. The van der Waals surface area contributed by atoms with E-state index in [0.717, 1.165) is 0 Å². The highest BCUT2D eigenvalue weighted by Crippen LogP contribution is 2.26. The van der Waals surface area contributed by atoms with Crippen molar-refractivity contribution >= 4 is 35.6 Å². The average Bonchev–Trinajstić information content (AvgIpc) is 3.32. The molecule has 0 saturated carbocycles. The van der Waals surface area contributed by atoms with Gasteiger partial charge in [0.2, 0.25) is 11.8 Å². The fourth-order valence-electron chi connectivity index (χ4n) is 3.66. The Morgan fingerprint density at radius 1 is 1.25 bits per heavy atom. The van der Waals surface area contributed by atoms with Gasteiger partial charge in [-0.1, -0.05) is 6.08 Å². The van der Waals surface area contributed by atoms with Crippen LogP contribution in [0.4, 0.5) is 4.79 Å². The lowest BCUT2D eigenvalue weighted by Crippen LogP contribution is -2.51. The molecule has 156 valence electrons. The molecule has 2 saturated heterocycles. The van der Waals surface area contributed by atoms with Crippen LogP contribution in [0.5, 0.6) is 0 Å². The Hall–Kier alpha value is -2.23. The number of likely N-dealkylation sites (tertiary alicyclic amines) is 2. The maximum atomic E-state index is 13.2. The van der Waals surface area contributed by atoms with Crippen molar-refractivity contribution in [2.75, 3.05) is 38.8 Å². The van der Waals surface area contributed by atoms with Crippen molar-refractivity contribution in [3.63, 3.8) is 0 Å². The standard InChI is InChI=1S/C18H28N4O5S/c1-4-7-19-18(26)20-12-9-14(22(10-12)15(23)11-28-3)16(24)21-8-5-6-13(21)17(25)27-2/h4,12-14H,1,5-11H2,2-3H3,(H2,19,20,26)/t12-,13+,14-/m0/s1. The molecule has 2 heterocycles. The van der Waals surface area contributed by atoms with E-state index in [1.807, 2.05) is 6.26 Å². The molecule has 2 aliphatic rings. The number of methoxy groups -OCH3 is 1. The number of hydrogen-bond donors (Lipinski definition) is 2. The first-order chi connectivity index (χ1) is 13.4. The van der Waals surface area contributed by atoms with Gasteiger partial charge < -0.3 is 25.2 Å². The van der Waals surface area contributed by atoms with E-state index < -0.39 is 18.1 Å². The number of hydrogen-bond acceptors (Lipinski definition) is 6. The van der Waals surface area contributed by atoms with Crippen molar-refractivity contribution in [2.45, 2.75) is 37.4 Å². The number of nitrogens with one attached hydrogen (secondary N) is 2. The molecular weight excluding hydrogens is 384 g/mol. The summed E-state index contributed by atoms with van der Waals surface area (Å²) in [6, 6.07) is -2.03. The molecule has 0 unspecified atom stereocenters. The number of urea groups is 1. The molecule has 9 nitrogen and oxygen atoms in total. The molecule has 2 aliphatic heterocycles. The first kappa shape index (κ1) is 22.1. The van der Waals surface area contributed by atoms with Gasteiger partial charge in [0.05, 0.1) is 18.9 Å². The minimum absolute atomic E-state index is 0.157. The van der Waals surface area contributed by atoms with Crippen molar-refractivity contribution in [3.8, 4) is 0 Å². The average molecular weight is 413 g/mol. The Morgan fingerprint density at radius 3 is 2.64 bits per heavy atom. The van der Waals surface area contributed by atoms with Gasteiger partial charge in [-0.2, -0.15) is 11.8 Å². The molecule has 3 atom stereocenters. The van der Waals surface area contributed by atoms with E-state index in [0.29, 0.717) is 32.4 Å². The fraction of sp³-hybridized carbons (Fsp3) is 0.667. The number of thioether (sulfide) groups is 1. The largest absolute Gasteiger partial charge is 0.467 e. The number of carbonyl (C=O) groups is 4. The second-order valence-electron chi connectivity index (χ2n) is 6.78. The van der Waals surface area contributed by atoms with Gasteiger partial charge in [0.15, 0.2) is 0 Å². The highest BCUT2D eigenvalue weighted by Gasteiger charge is 2.45. The molecule has 4 amide bonds. The highest BCUT2D eigenvalue weighted by atomic mass is 32.2. The summed E-state index contributed by atoms with van der Waals surface area (Å²) in [7, 11) is 1.30. The Balaban J connectivity index is 2.12. The zero-order valence-electron chi connectivity index (χ0n) is 16.3. The summed E-state index contributed by atoms with van der Waals surface area (Å²) in [5, 5.41) is 5.43. The van der Waals surface area contributed by atoms with Crippen LogP contribution in [0.2, 0.25) is 0 Å². The summed E-state index contributed by atoms with van der Waals surface area (Å²) in [6.07, 6.45) is 4.95. The molecule has 0 aromatic carbocycles. The fourth-order valence-corrected chi connectivity index (χ4v) is 4.07. The minimum Gasteiger partial charge on any atom is -0.467 e. The maximum Gasteiger partial charge on any atom is 0.328 e. The van der Waals surface area contributed by atoms with Gasteiger partial charge in [-0.25, -0.2) is 9.59 Å². The van der Waals surface area contributed by atoms with Crippen LogP contribution in [-0.2, 0) is 19.1 Å². The molecule has 0 spiro atoms. The van der Waals surface area contributed by atoms with Crippen LogP contribution in [-0.4, -0.2) is 90.5 Å². The highest BCUT2D eigenvalue weighted by molar-refractivity contribution is 7.99. The van der Waals surface area contributed by atoms with Crippen LogP contribution in [0.3, 0.4) is 0 Å². The van der Waals surface area contributed by atoms with Gasteiger partial charge >= 0.3 is 12.0 Å². The number of nitrogens with zero attached hydrogens (tertiary/aromatic N) is 2. The first-order valence-electron chi connectivity index (χ1n) is 9.24. The molecule has 0 aliphatic carbocycles. The SMILES string of the molecule is C=CCNC(=O)N[C@H]1C[C@@H](C(=O)N2CCC[C@@H]2C(=O)OC)N(C(=O)CSC)C1. The van der Waals surface area contributed by atoms with Crippen molar-refractivity contribution < 1.29 is 23.9 Å². The second kappa shape index (κ2) is 10.4. The Kier molecular flexibility index (Phi) is 8.16. The normalized spacial score (nSPS) is 24.0. The lowest BCUT2D eigenvalue weighted by Gasteiger charge is -2.30. The first-order valence-corrected chi connectivity index (χ1v) is 10.6. The van der Waals surface area contributed by atoms with E-state index >= 15 is 0 Å². The molecular formula is C18H28N4O5S. The third kappa shape index (κ3) is 5.18. The van der Waals surface area contributed by atoms with Crippen molar-refractivity contribution in [2.24, 2.45) is 0 Å². The van der Waals surface area contributed by atoms with E-state index in [1.54, 1.807) is 6.08 Å². The number of amides is 4. The van der Waals surface area contributed by atoms with E-state index in [2.05, 4.69) is 17.2 Å². The van der Waals surface area contributed by atoms with E-state index in [9.17, 15) is 19.2 Å². The van der Waals surface area contributed by atoms with Gasteiger partial charge in [0, 0.05) is 19.6 Å². The van der Waals surface area contributed by atoms with Crippen LogP contribution in [0, 0.1) is 0 Å². The summed E-state index contributed by atoms with van der Waals surface area (Å²) >= 11 is 1.38.